The number of aromatic nitrogens is 4. The Labute approximate surface area is 70.4 Å². The van der Waals surface area contributed by atoms with Crippen molar-refractivity contribution in [2.45, 2.75) is 6.92 Å². The Balaban J connectivity index is 2.54. The molecule has 0 aromatic carbocycles. The van der Waals surface area contributed by atoms with Crippen molar-refractivity contribution in [3.8, 4) is 5.82 Å². The molecule has 0 aliphatic heterocycles. The van der Waals surface area contributed by atoms with Gasteiger partial charge >= 0.3 is 0 Å². The summed E-state index contributed by atoms with van der Waals surface area (Å²) < 4.78 is 3.60. The summed E-state index contributed by atoms with van der Waals surface area (Å²) in [4.78, 5) is 0. The van der Waals surface area contributed by atoms with Crippen LogP contribution in [-0.2, 0) is 7.05 Å². The molecule has 0 N–H and O–H groups in total. The van der Waals surface area contributed by atoms with Crippen LogP contribution in [0.2, 0.25) is 0 Å². The fraction of sp³-hybridized carbons (Fsp3) is 0.250. The summed E-state index contributed by atoms with van der Waals surface area (Å²) in [7, 11) is 1.91. The highest BCUT2D eigenvalue weighted by Gasteiger charge is 2.02. The summed E-state index contributed by atoms with van der Waals surface area (Å²) in [6.07, 6.45) is 3.65. The van der Waals surface area contributed by atoms with E-state index in [9.17, 15) is 0 Å². The fourth-order valence-electron chi connectivity index (χ4n) is 1.22. The zero-order chi connectivity index (χ0) is 8.55. The van der Waals surface area contributed by atoms with Crippen LogP contribution in [0.3, 0.4) is 0 Å². The largest absolute Gasteiger partial charge is 0.251 e. The van der Waals surface area contributed by atoms with Crippen molar-refractivity contribution in [3.05, 3.63) is 30.2 Å². The quantitative estimate of drug-likeness (QED) is 0.625. The molecule has 12 heavy (non-hydrogen) atoms. The maximum Gasteiger partial charge on any atom is 0.151 e. The first-order valence-electron chi connectivity index (χ1n) is 3.78. The van der Waals surface area contributed by atoms with Crippen molar-refractivity contribution in [1.82, 2.24) is 19.6 Å². The van der Waals surface area contributed by atoms with Crippen molar-refractivity contribution in [3.63, 3.8) is 0 Å². The van der Waals surface area contributed by atoms with Crippen LogP contribution in [0.15, 0.2) is 24.5 Å². The highest BCUT2D eigenvalue weighted by molar-refractivity contribution is 5.23. The highest BCUT2D eigenvalue weighted by atomic mass is 15.4. The van der Waals surface area contributed by atoms with Gasteiger partial charge in [0.05, 0.1) is 5.69 Å². The first kappa shape index (κ1) is 7.09. The molecule has 0 bridgehead atoms. The lowest BCUT2D eigenvalue weighted by Crippen LogP contribution is -2.02. The maximum absolute atomic E-state index is 4.22. The second-order valence-electron chi connectivity index (χ2n) is 2.72. The van der Waals surface area contributed by atoms with E-state index in [1.54, 1.807) is 10.9 Å². The van der Waals surface area contributed by atoms with Gasteiger partial charge in [0.2, 0.25) is 0 Å². The number of hydrogen-bond donors (Lipinski definition) is 0. The molecule has 0 radical (unpaired) electrons. The molecule has 62 valence electrons. The smallest absolute Gasteiger partial charge is 0.151 e. The average Bonchev–Trinajstić information content (AvgIpc) is 2.58. The Hall–Kier alpha value is -1.58. The van der Waals surface area contributed by atoms with Gasteiger partial charge in [-0.3, -0.25) is 4.68 Å². The number of hydrogen-bond acceptors (Lipinski definition) is 2. The molecule has 0 amide bonds. The van der Waals surface area contributed by atoms with E-state index >= 15 is 0 Å². The number of nitrogens with zero attached hydrogens (tertiary/aromatic N) is 4. The summed E-state index contributed by atoms with van der Waals surface area (Å²) in [6, 6.07) is 3.88. The van der Waals surface area contributed by atoms with Crippen molar-refractivity contribution in [1.29, 1.82) is 0 Å². The minimum atomic E-state index is 0.984. The molecule has 4 nitrogen and oxygen atoms in total. The van der Waals surface area contributed by atoms with E-state index in [-0.39, 0.29) is 0 Å². The van der Waals surface area contributed by atoms with Gasteiger partial charge in [-0.25, -0.2) is 4.68 Å². The van der Waals surface area contributed by atoms with Gasteiger partial charge in [0.1, 0.15) is 0 Å². The maximum atomic E-state index is 4.22. The molecule has 2 rings (SSSR count). The van der Waals surface area contributed by atoms with Gasteiger partial charge in [-0.15, -0.1) is 0 Å². The van der Waals surface area contributed by atoms with E-state index in [4.69, 9.17) is 0 Å². The van der Waals surface area contributed by atoms with E-state index in [0.29, 0.717) is 0 Å². The van der Waals surface area contributed by atoms with Crippen LogP contribution in [0, 0.1) is 6.92 Å². The topological polar surface area (TPSA) is 35.6 Å². The van der Waals surface area contributed by atoms with Gasteiger partial charge < -0.3 is 0 Å². The fourth-order valence-corrected chi connectivity index (χ4v) is 1.22. The third kappa shape index (κ3) is 1.01. The van der Waals surface area contributed by atoms with E-state index in [1.807, 2.05) is 37.0 Å². The third-order valence-corrected chi connectivity index (χ3v) is 1.72. The summed E-state index contributed by atoms with van der Waals surface area (Å²) in [5, 5.41) is 8.34. The van der Waals surface area contributed by atoms with Crippen molar-refractivity contribution in [2.75, 3.05) is 0 Å². The average molecular weight is 162 g/mol. The van der Waals surface area contributed by atoms with Crippen LogP contribution in [0.5, 0.6) is 0 Å². The molecule has 0 atom stereocenters. The van der Waals surface area contributed by atoms with Gasteiger partial charge in [-0.1, -0.05) is 0 Å². The Morgan fingerprint density at radius 1 is 1.42 bits per heavy atom. The normalized spacial score (nSPS) is 10.5. The molecule has 0 saturated carbocycles. The summed E-state index contributed by atoms with van der Waals surface area (Å²) >= 11 is 0. The molecule has 0 aliphatic rings. The lowest BCUT2D eigenvalue weighted by atomic mass is 10.5. The first-order chi connectivity index (χ1) is 5.77. The minimum Gasteiger partial charge on any atom is -0.251 e. The molecule has 4 heteroatoms. The molecule has 2 aromatic heterocycles. The second kappa shape index (κ2) is 2.48. The molecule has 0 aliphatic carbocycles. The van der Waals surface area contributed by atoms with Crippen LogP contribution < -0.4 is 0 Å². The molecular formula is C8H10N4. The lowest BCUT2D eigenvalue weighted by Gasteiger charge is -1.98. The molecule has 0 unspecified atom stereocenters. The predicted molar refractivity (Wildman–Crippen MR) is 45.1 cm³/mol. The predicted octanol–water partition coefficient (Wildman–Crippen LogP) is 0.914. The van der Waals surface area contributed by atoms with Gasteiger partial charge in [0.25, 0.3) is 0 Å². The van der Waals surface area contributed by atoms with Crippen LogP contribution in [0.4, 0.5) is 0 Å². The van der Waals surface area contributed by atoms with Crippen LogP contribution in [0.25, 0.3) is 5.82 Å². The summed E-state index contributed by atoms with van der Waals surface area (Å²) in [5.41, 5.74) is 1.00. The Kier molecular flexibility index (Phi) is 1.46. The standard InChI is InChI=1S/C8H10N4/c1-7-6-8(11(2)10-7)12-5-3-4-9-12/h3-6H,1-2H3. The van der Waals surface area contributed by atoms with E-state index in [0.717, 1.165) is 11.5 Å². The first-order valence-corrected chi connectivity index (χ1v) is 3.78. The van der Waals surface area contributed by atoms with E-state index in [1.165, 1.54) is 0 Å². The minimum absolute atomic E-state index is 0.984. The number of rotatable bonds is 1. The second-order valence-corrected chi connectivity index (χ2v) is 2.72. The van der Waals surface area contributed by atoms with Gasteiger partial charge in [-0.2, -0.15) is 10.2 Å². The summed E-state index contributed by atoms with van der Waals surface area (Å²) in [5.74, 6) is 0.984. The zero-order valence-corrected chi connectivity index (χ0v) is 7.10. The van der Waals surface area contributed by atoms with Crippen LogP contribution in [0.1, 0.15) is 5.69 Å². The zero-order valence-electron chi connectivity index (χ0n) is 7.10. The van der Waals surface area contributed by atoms with Crippen LogP contribution in [-0.4, -0.2) is 19.6 Å². The molecule has 0 spiro atoms. The van der Waals surface area contributed by atoms with E-state index in [2.05, 4.69) is 10.2 Å². The Morgan fingerprint density at radius 2 is 2.25 bits per heavy atom. The molecule has 0 saturated heterocycles. The Morgan fingerprint density at radius 3 is 2.75 bits per heavy atom. The third-order valence-electron chi connectivity index (χ3n) is 1.72. The Bertz CT molecular complexity index is 372. The highest BCUT2D eigenvalue weighted by Crippen LogP contribution is 2.06. The SMILES string of the molecule is Cc1cc(-n2cccn2)n(C)n1. The summed E-state index contributed by atoms with van der Waals surface area (Å²) in [6.45, 7) is 1.97. The van der Waals surface area contributed by atoms with Crippen molar-refractivity contribution >= 4 is 0 Å². The van der Waals surface area contributed by atoms with Gasteiger partial charge in [0, 0.05) is 25.5 Å². The van der Waals surface area contributed by atoms with Gasteiger partial charge in [0.15, 0.2) is 5.82 Å². The molecule has 0 fully saturated rings. The monoisotopic (exact) mass is 162 g/mol. The lowest BCUT2D eigenvalue weighted by molar-refractivity contribution is 0.694. The molecule has 2 aromatic rings. The van der Waals surface area contributed by atoms with Crippen molar-refractivity contribution in [2.24, 2.45) is 7.05 Å². The number of aryl methyl sites for hydroxylation is 2. The molecular weight excluding hydrogens is 152 g/mol. The van der Waals surface area contributed by atoms with E-state index < -0.39 is 0 Å². The van der Waals surface area contributed by atoms with Gasteiger partial charge in [-0.05, 0) is 13.0 Å². The van der Waals surface area contributed by atoms with Crippen LogP contribution >= 0.6 is 0 Å². The molecule has 2 heterocycles. The van der Waals surface area contributed by atoms with Crippen molar-refractivity contribution < 1.29 is 0 Å².